The summed E-state index contributed by atoms with van der Waals surface area (Å²) in [5.74, 6) is 0. The van der Waals surface area contributed by atoms with Crippen LogP contribution in [0.3, 0.4) is 0 Å². The molecule has 5 heteroatoms. The summed E-state index contributed by atoms with van der Waals surface area (Å²) < 4.78 is 1.85. The van der Waals surface area contributed by atoms with Crippen molar-refractivity contribution >= 4 is 11.3 Å². The Kier molecular flexibility index (Phi) is 2.83. The maximum absolute atomic E-state index is 6.12. The average molecular weight is 222 g/mol. The summed E-state index contributed by atoms with van der Waals surface area (Å²) in [5, 5.41) is 4.29. The van der Waals surface area contributed by atoms with Crippen LogP contribution in [0.5, 0.6) is 0 Å². The SMILES string of the molecule is Cc1cc(C(N)Cc2cncs2)n(C)n1. The molecule has 0 aliphatic heterocycles. The molecule has 0 fully saturated rings. The van der Waals surface area contributed by atoms with Crippen molar-refractivity contribution in [3.8, 4) is 0 Å². The molecule has 2 N–H and O–H groups in total. The summed E-state index contributed by atoms with van der Waals surface area (Å²) in [4.78, 5) is 5.25. The van der Waals surface area contributed by atoms with Crippen molar-refractivity contribution < 1.29 is 0 Å². The molecule has 0 aromatic carbocycles. The highest BCUT2D eigenvalue weighted by Gasteiger charge is 2.12. The van der Waals surface area contributed by atoms with E-state index in [1.54, 1.807) is 11.3 Å². The van der Waals surface area contributed by atoms with Crippen LogP contribution in [-0.4, -0.2) is 14.8 Å². The van der Waals surface area contributed by atoms with Crippen LogP contribution < -0.4 is 5.73 Å². The van der Waals surface area contributed by atoms with Crippen molar-refractivity contribution in [1.82, 2.24) is 14.8 Å². The summed E-state index contributed by atoms with van der Waals surface area (Å²) in [6.07, 6.45) is 2.69. The Morgan fingerprint density at radius 3 is 2.93 bits per heavy atom. The van der Waals surface area contributed by atoms with Gasteiger partial charge in [0.05, 0.1) is 22.9 Å². The van der Waals surface area contributed by atoms with E-state index in [9.17, 15) is 0 Å². The first-order valence-electron chi connectivity index (χ1n) is 4.80. The minimum Gasteiger partial charge on any atom is -0.322 e. The Morgan fingerprint density at radius 1 is 1.60 bits per heavy atom. The van der Waals surface area contributed by atoms with Gasteiger partial charge < -0.3 is 5.73 Å². The quantitative estimate of drug-likeness (QED) is 0.854. The highest BCUT2D eigenvalue weighted by atomic mass is 32.1. The van der Waals surface area contributed by atoms with Crippen molar-refractivity contribution in [1.29, 1.82) is 0 Å². The lowest BCUT2D eigenvalue weighted by atomic mass is 10.1. The molecule has 0 aliphatic carbocycles. The third-order valence-electron chi connectivity index (χ3n) is 2.32. The zero-order chi connectivity index (χ0) is 10.8. The minimum absolute atomic E-state index is 0.00310. The van der Waals surface area contributed by atoms with Crippen molar-refractivity contribution in [3.63, 3.8) is 0 Å². The molecule has 0 saturated heterocycles. The smallest absolute Gasteiger partial charge is 0.0794 e. The van der Waals surface area contributed by atoms with Crippen LogP contribution >= 0.6 is 11.3 Å². The van der Waals surface area contributed by atoms with Crippen LogP contribution in [-0.2, 0) is 13.5 Å². The molecule has 4 nitrogen and oxygen atoms in total. The Balaban J connectivity index is 2.14. The maximum atomic E-state index is 6.12. The first kappa shape index (κ1) is 10.3. The molecule has 80 valence electrons. The first-order chi connectivity index (χ1) is 7.16. The second-order valence-electron chi connectivity index (χ2n) is 3.61. The Labute approximate surface area is 92.8 Å². The van der Waals surface area contributed by atoms with Gasteiger partial charge in [-0.3, -0.25) is 9.67 Å². The maximum Gasteiger partial charge on any atom is 0.0794 e. The third kappa shape index (κ3) is 2.24. The lowest BCUT2D eigenvalue weighted by Crippen LogP contribution is -2.16. The fraction of sp³-hybridized carbons (Fsp3) is 0.400. The summed E-state index contributed by atoms with van der Waals surface area (Å²) in [7, 11) is 1.93. The van der Waals surface area contributed by atoms with Crippen molar-refractivity contribution in [3.05, 3.63) is 34.0 Å². The number of nitrogens with two attached hydrogens (primary N) is 1. The van der Waals surface area contributed by atoms with E-state index in [2.05, 4.69) is 10.1 Å². The molecule has 0 bridgehead atoms. The normalized spacial score (nSPS) is 13.0. The molecule has 1 unspecified atom stereocenters. The van der Waals surface area contributed by atoms with Gasteiger partial charge in [0.15, 0.2) is 0 Å². The fourth-order valence-corrected chi connectivity index (χ4v) is 2.30. The second kappa shape index (κ2) is 4.12. The molecule has 1 atom stereocenters. The fourth-order valence-electron chi connectivity index (χ4n) is 1.64. The van der Waals surface area contributed by atoms with Crippen LogP contribution in [0.4, 0.5) is 0 Å². The number of rotatable bonds is 3. The van der Waals surface area contributed by atoms with Crippen LogP contribution in [0.15, 0.2) is 17.8 Å². The highest BCUT2D eigenvalue weighted by Crippen LogP contribution is 2.18. The van der Waals surface area contributed by atoms with E-state index in [0.29, 0.717) is 0 Å². The second-order valence-corrected chi connectivity index (χ2v) is 4.58. The zero-order valence-corrected chi connectivity index (χ0v) is 9.66. The molecule has 0 spiro atoms. The number of thiazole rings is 1. The molecular formula is C10H14N4S. The lowest BCUT2D eigenvalue weighted by molar-refractivity contribution is 0.618. The first-order valence-corrected chi connectivity index (χ1v) is 5.68. The topological polar surface area (TPSA) is 56.7 Å². The highest BCUT2D eigenvalue weighted by molar-refractivity contribution is 7.09. The molecular weight excluding hydrogens is 208 g/mol. The predicted octanol–water partition coefficient (Wildman–Crippen LogP) is 1.43. The van der Waals surface area contributed by atoms with E-state index in [1.807, 2.05) is 36.4 Å². The van der Waals surface area contributed by atoms with Crippen LogP contribution in [0, 0.1) is 6.92 Å². The number of hydrogen-bond donors (Lipinski definition) is 1. The molecule has 2 aromatic rings. The number of nitrogens with zero attached hydrogens (tertiary/aromatic N) is 3. The van der Waals surface area contributed by atoms with Gasteiger partial charge in [0, 0.05) is 24.5 Å². The van der Waals surface area contributed by atoms with Gasteiger partial charge in [-0.05, 0) is 13.0 Å². The third-order valence-corrected chi connectivity index (χ3v) is 3.12. The summed E-state index contributed by atoms with van der Waals surface area (Å²) in [6, 6.07) is 2.03. The number of aryl methyl sites for hydroxylation is 2. The minimum atomic E-state index is -0.00310. The number of aromatic nitrogens is 3. The monoisotopic (exact) mass is 222 g/mol. The molecule has 2 heterocycles. The van der Waals surface area contributed by atoms with Crippen molar-refractivity contribution in [2.75, 3.05) is 0 Å². The molecule has 15 heavy (non-hydrogen) atoms. The van der Waals surface area contributed by atoms with Crippen LogP contribution in [0.1, 0.15) is 22.3 Å². The zero-order valence-electron chi connectivity index (χ0n) is 8.84. The lowest BCUT2D eigenvalue weighted by Gasteiger charge is -2.09. The molecule has 2 rings (SSSR count). The standard InChI is InChI=1S/C10H14N4S/c1-7-3-10(14(2)13-7)9(11)4-8-5-12-6-15-8/h3,5-6,9H,4,11H2,1-2H3. The average Bonchev–Trinajstić information content (AvgIpc) is 2.75. The van der Waals surface area contributed by atoms with E-state index < -0.39 is 0 Å². The van der Waals surface area contributed by atoms with Gasteiger partial charge in [0.2, 0.25) is 0 Å². The van der Waals surface area contributed by atoms with Gasteiger partial charge in [-0.1, -0.05) is 0 Å². The summed E-state index contributed by atoms with van der Waals surface area (Å²) in [6.45, 7) is 1.98. The van der Waals surface area contributed by atoms with E-state index >= 15 is 0 Å². The van der Waals surface area contributed by atoms with Gasteiger partial charge in [-0.2, -0.15) is 5.10 Å². The van der Waals surface area contributed by atoms with E-state index in [0.717, 1.165) is 17.8 Å². The van der Waals surface area contributed by atoms with Gasteiger partial charge in [-0.25, -0.2) is 0 Å². The van der Waals surface area contributed by atoms with Crippen LogP contribution in [0.2, 0.25) is 0 Å². The molecule has 2 aromatic heterocycles. The van der Waals surface area contributed by atoms with Gasteiger partial charge >= 0.3 is 0 Å². The molecule has 0 amide bonds. The van der Waals surface area contributed by atoms with Gasteiger partial charge in [0.1, 0.15) is 0 Å². The molecule has 0 saturated carbocycles. The van der Waals surface area contributed by atoms with Gasteiger partial charge in [0.25, 0.3) is 0 Å². The molecule has 0 aliphatic rings. The van der Waals surface area contributed by atoms with Crippen LogP contribution in [0.25, 0.3) is 0 Å². The number of hydrogen-bond acceptors (Lipinski definition) is 4. The predicted molar refractivity (Wildman–Crippen MR) is 60.7 cm³/mol. The van der Waals surface area contributed by atoms with Crippen molar-refractivity contribution in [2.45, 2.75) is 19.4 Å². The van der Waals surface area contributed by atoms with Crippen molar-refractivity contribution in [2.24, 2.45) is 12.8 Å². The Bertz CT molecular complexity index is 432. The van der Waals surface area contributed by atoms with E-state index in [-0.39, 0.29) is 6.04 Å². The summed E-state index contributed by atoms with van der Waals surface area (Å²) in [5.41, 5.74) is 10.0. The Hall–Kier alpha value is -1.20. The largest absolute Gasteiger partial charge is 0.322 e. The van der Waals surface area contributed by atoms with E-state index in [1.165, 1.54) is 4.88 Å². The van der Waals surface area contributed by atoms with Gasteiger partial charge in [-0.15, -0.1) is 11.3 Å². The van der Waals surface area contributed by atoms with E-state index in [4.69, 9.17) is 5.73 Å². The summed E-state index contributed by atoms with van der Waals surface area (Å²) >= 11 is 1.64. The molecule has 0 radical (unpaired) electrons. The Morgan fingerprint density at radius 2 is 2.40 bits per heavy atom.